The van der Waals surface area contributed by atoms with Gasteiger partial charge in [-0.1, -0.05) is 44.2 Å². The van der Waals surface area contributed by atoms with Gasteiger partial charge < -0.3 is 14.3 Å². The second-order valence-electron chi connectivity index (χ2n) is 6.93. The van der Waals surface area contributed by atoms with Crippen LogP contribution in [0.2, 0.25) is 0 Å². The minimum Gasteiger partial charge on any atom is -0.548 e. The molecule has 0 amide bonds. The van der Waals surface area contributed by atoms with Crippen molar-refractivity contribution in [1.29, 1.82) is 0 Å². The van der Waals surface area contributed by atoms with Gasteiger partial charge in [0.1, 0.15) is 11.3 Å². The van der Waals surface area contributed by atoms with E-state index < -0.39 is 12.0 Å². The fourth-order valence-electron chi connectivity index (χ4n) is 2.90. The molecule has 134 valence electrons. The van der Waals surface area contributed by atoms with E-state index in [0.29, 0.717) is 16.7 Å². The van der Waals surface area contributed by atoms with Crippen LogP contribution in [0, 0.1) is 19.8 Å². The normalized spacial score (nSPS) is 13.3. The molecule has 0 saturated carbocycles. The Morgan fingerprint density at radius 2 is 1.69 bits per heavy atom. The Kier molecular flexibility index (Phi) is 4.94. The van der Waals surface area contributed by atoms with Gasteiger partial charge in [0, 0.05) is 17.0 Å². The van der Waals surface area contributed by atoms with Gasteiger partial charge in [0.25, 0.3) is 0 Å². The number of carboxylic acids is 1. The van der Waals surface area contributed by atoms with Gasteiger partial charge in [-0.25, -0.2) is 0 Å². The molecule has 3 aromatic rings. The number of aliphatic carboxylic acids is 1. The average Bonchev–Trinajstić information content (AvgIpc) is 2.60. The molecule has 3 rings (SSSR count). The fraction of sp³-hybridized carbons (Fsp3) is 0.273. The SMILES string of the molecule is Cc1cc2oc(-c3ccccc3)cc(=N[C@H](C(=O)[O-])C(C)C)c2cc1C. The molecule has 1 heterocycles. The summed E-state index contributed by atoms with van der Waals surface area (Å²) >= 11 is 0. The number of carbonyl (C=O) groups is 1. The van der Waals surface area contributed by atoms with Crippen LogP contribution in [-0.4, -0.2) is 12.0 Å². The van der Waals surface area contributed by atoms with Gasteiger partial charge in [0.15, 0.2) is 0 Å². The van der Waals surface area contributed by atoms with Crippen LogP contribution in [-0.2, 0) is 4.79 Å². The second-order valence-corrected chi connectivity index (χ2v) is 6.93. The minimum atomic E-state index is -1.17. The first-order valence-corrected chi connectivity index (χ1v) is 8.72. The highest BCUT2D eigenvalue weighted by atomic mass is 16.4. The van der Waals surface area contributed by atoms with Crippen LogP contribution in [0.5, 0.6) is 0 Å². The number of aryl methyl sites for hydroxylation is 2. The smallest absolute Gasteiger partial charge is 0.137 e. The van der Waals surface area contributed by atoms with Crippen LogP contribution in [0.3, 0.4) is 0 Å². The zero-order chi connectivity index (χ0) is 18.8. The zero-order valence-electron chi connectivity index (χ0n) is 15.4. The zero-order valence-corrected chi connectivity index (χ0v) is 15.4. The number of carbonyl (C=O) groups excluding carboxylic acids is 1. The molecule has 0 aliphatic carbocycles. The largest absolute Gasteiger partial charge is 0.548 e. The van der Waals surface area contributed by atoms with Gasteiger partial charge >= 0.3 is 0 Å². The van der Waals surface area contributed by atoms with Crippen molar-refractivity contribution in [2.45, 2.75) is 33.7 Å². The van der Waals surface area contributed by atoms with Crippen LogP contribution < -0.4 is 10.5 Å². The highest BCUT2D eigenvalue weighted by Crippen LogP contribution is 2.24. The highest BCUT2D eigenvalue weighted by molar-refractivity contribution is 5.80. The molecule has 0 fully saturated rings. The Morgan fingerprint density at radius 3 is 2.31 bits per heavy atom. The molecule has 0 bridgehead atoms. The van der Waals surface area contributed by atoms with Crippen molar-refractivity contribution in [2.24, 2.45) is 10.9 Å². The molecule has 2 aromatic carbocycles. The van der Waals surface area contributed by atoms with Gasteiger partial charge in [0.2, 0.25) is 0 Å². The third-order valence-electron chi connectivity index (χ3n) is 4.57. The summed E-state index contributed by atoms with van der Waals surface area (Å²) in [5, 5.41) is 12.9. The third-order valence-corrected chi connectivity index (χ3v) is 4.57. The van der Waals surface area contributed by atoms with E-state index in [1.54, 1.807) is 0 Å². The lowest BCUT2D eigenvalue weighted by Gasteiger charge is -2.17. The first-order valence-electron chi connectivity index (χ1n) is 8.72. The van der Waals surface area contributed by atoms with E-state index in [9.17, 15) is 9.90 Å². The lowest BCUT2D eigenvalue weighted by atomic mass is 10.0. The Bertz CT molecular complexity index is 1020. The summed E-state index contributed by atoms with van der Waals surface area (Å²) < 4.78 is 6.10. The molecule has 4 heteroatoms. The maximum Gasteiger partial charge on any atom is 0.137 e. The van der Waals surface area contributed by atoms with Crippen molar-refractivity contribution in [3.63, 3.8) is 0 Å². The Hall–Kier alpha value is -2.88. The summed E-state index contributed by atoms with van der Waals surface area (Å²) in [5.74, 6) is -0.682. The average molecular weight is 348 g/mol. The van der Waals surface area contributed by atoms with Crippen molar-refractivity contribution in [3.05, 3.63) is 65.0 Å². The van der Waals surface area contributed by atoms with Gasteiger partial charge in [-0.05, 0) is 43.0 Å². The Balaban J connectivity index is 2.35. The Labute approximate surface area is 152 Å². The van der Waals surface area contributed by atoms with Gasteiger partial charge in [0.05, 0.1) is 17.4 Å². The molecule has 26 heavy (non-hydrogen) atoms. The number of hydrogen-bond donors (Lipinski definition) is 0. The summed E-state index contributed by atoms with van der Waals surface area (Å²) in [7, 11) is 0. The van der Waals surface area contributed by atoms with Crippen molar-refractivity contribution in [3.8, 4) is 11.3 Å². The minimum absolute atomic E-state index is 0.168. The first-order chi connectivity index (χ1) is 12.4. The predicted octanol–water partition coefficient (Wildman–Crippen LogP) is 3.39. The van der Waals surface area contributed by atoms with Gasteiger partial charge in [-0.3, -0.25) is 4.99 Å². The molecular weight excluding hydrogens is 326 g/mol. The molecule has 4 nitrogen and oxygen atoms in total. The molecular formula is C22H22NO3-. The second kappa shape index (κ2) is 7.16. The lowest BCUT2D eigenvalue weighted by Crippen LogP contribution is -2.39. The van der Waals surface area contributed by atoms with Gasteiger partial charge in [-0.15, -0.1) is 0 Å². The van der Waals surface area contributed by atoms with E-state index in [1.165, 1.54) is 0 Å². The van der Waals surface area contributed by atoms with E-state index in [0.717, 1.165) is 22.1 Å². The van der Waals surface area contributed by atoms with E-state index in [1.807, 2.05) is 76.2 Å². The van der Waals surface area contributed by atoms with E-state index >= 15 is 0 Å². The van der Waals surface area contributed by atoms with Crippen LogP contribution in [0.15, 0.2) is 57.9 Å². The van der Waals surface area contributed by atoms with Crippen LogP contribution >= 0.6 is 0 Å². The third kappa shape index (κ3) is 3.54. The van der Waals surface area contributed by atoms with Crippen molar-refractivity contribution < 1.29 is 14.3 Å². The standard InChI is InChI=1S/C22H23NO3/c1-13(2)21(22(24)25)23-18-12-19(16-8-6-5-7-9-16)26-20-11-15(4)14(3)10-17(18)20/h5-13,21H,1-4H3,(H,24,25)/p-1/t21-/m0/s1. The summed E-state index contributed by atoms with van der Waals surface area (Å²) in [6, 6.07) is 14.6. The van der Waals surface area contributed by atoms with Crippen LogP contribution in [0.25, 0.3) is 22.3 Å². The Morgan fingerprint density at radius 1 is 1.04 bits per heavy atom. The maximum absolute atomic E-state index is 11.5. The fourth-order valence-corrected chi connectivity index (χ4v) is 2.90. The number of fused-ring (bicyclic) bond motifs is 1. The number of hydrogen-bond acceptors (Lipinski definition) is 4. The van der Waals surface area contributed by atoms with E-state index in [4.69, 9.17) is 4.42 Å². The van der Waals surface area contributed by atoms with Crippen molar-refractivity contribution >= 4 is 16.9 Å². The number of nitrogens with zero attached hydrogens (tertiary/aromatic N) is 1. The maximum atomic E-state index is 11.5. The highest BCUT2D eigenvalue weighted by Gasteiger charge is 2.14. The predicted molar refractivity (Wildman–Crippen MR) is 100 cm³/mol. The molecule has 0 unspecified atom stereocenters. The number of rotatable bonds is 4. The summed E-state index contributed by atoms with van der Waals surface area (Å²) in [4.78, 5) is 16.0. The topological polar surface area (TPSA) is 65.6 Å². The lowest BCUT2D eigenvalue weighted by molar-refractivity contribution is -0.308. The molecule has 0 aliphatic heterocycles. The molecule has 0 aliphatic rings. The van der Waals surface area contributed by atoms with E-state index in [2.05, 4.69) is 4.99 Å². The summed E-state index contributed by atoms with van der Waals surface area (Å²) in [5.41, 5.74) is 3.82. The summed E-state index contributed by atoms with van der Waals surface area (Å²) in [6.07, 6.45) is 0. The quantitative estimate of drug-likeness (QED) is 0.726. The molecule has 1 aromatic heterocycles. The van der Waals surface area contributed by atoms with Crippen LogP contribution in [0.4, 0.5) is 0 Å². The monoisotopic (exact) mass is 348 g/mol. The number of benzene rings is 2. The molecule has 0 radical (unpaired) electrons. The van der Waals surface area contributed by atoms with Crippen molar-refractivity contribution in [2.75, 3.05) is 0 Å². The van der Waals surface area contributed by atoms with Gasteiger partial charge in [-0.2, -0.15) is 0 Å². The first kappa shape index (κ1) is 17.9. The molecule has 0 spiro atoms. The molecule has 0 saturated heterocycles. The summed E-state index contributed by atoms with van der Waals surface area (Å²) in [6.45, 7) is 7.69. The molecule has 0 N–H and O–H groups in total. The molecule has 1 atom stereocenters. The van der Waals surface area contributed by atoms with Crippen LogP contribution in [0.1, 0.15) is 25.0 Å². The van der Waals surface area contributed by atoms with Crippen molar-refractivity contribution in [1.82, 2.24) is 0 Å². The van der Waals surface area contributed by atoms with E-state index in [-0.39, 0.29) is 5.92 Å². The number of carboxylic acid groups (broad SMARTS) is 1.